The smallest absolute Gasteiger partial charge is 0.263 e. The topological polar surface area (TPSA) is 41.5 Å². The molecule has 0 spiro atoms. The van der Waals surface area contributed by atoms with Crippen molar-refractivity contribution in [3.8, 4) is 0 Å². The van der Waals surface area contributed by atoms with Gasteiger partial charge in [-0.25, -0.2) is 9.38 Å². The van der Waals surface area contributed by atoms with Crippen LogP contribution < -0.4 is 5.32 Å². The molecule has 6 heteroatoms. The maximum Gasteiger partial charge on any atom is 0.263 e. The maximum absolute atomic E-state index is 14.7. The van der Waals surface area contributed by atoms with E-state index in [1.165, 1.54) is 6.07 Å². The third kappa shape index (κ3) is 4.06. The van der Waals surface area contributed by atoms with Crippen LogP contribution in [-0.4, -0.2) is 11.6 Å². The first-order valence-corrected chi connectivity index (χ1v) is 11.2. The number of halogens is 3. The zero-order valence-corrected chi connectivity index (χ0v) is 19.1. The van der Waals surface area contributed by atoms with Gasteiger partial charge in [0, 0.05) is 5.92 Å². The number of hydrogen-bond acceptors (Lipinski definition) is 2. The Hall–Kier alpha value is -2.11. The van der Waals surface area contributed by atoms with Crippen molar-refractivity contribution in [3.05, 3.63) is 81.0 Å². The summed E-state index contributed by atoms with van der Waals surface area (Å²) in [5, 5.41) is 3.27. The number of nitrogens with zero attached hydrogens (tertiary/aromatic N) is 1. The van der Waals surface area contributed by atoms with Gasteiger partial charge in [-0.05, 0) is 40.9 Å². The highest BCUT2D eigenvalue weighted by Crippen LogP contribution is 2.50. The Balaban J connectivity index is 1.68. The summed E-state index contributed by atoms with van der Waals surface area (Å²) in [6, 6.07) is 10.3. The molecule has 2 aromatic carbocycles. The van der Waals surface area contributed by atoms with Gasteiger partial charge in [0.2, 0.25) is 0 Å². The summed E-state index contributed by atoms with van der Waals surface area (Å²) >= 11 is 9.77. The number of rotatable bonds is 6. The van der Waals surface area contributed by atoms with E-state index < -0.39 is 5.82 Å². The molecule has 1 aliphatic heterocycles. The molecule has 3 nitrogen and oxygen atoms in total. The molecule has 1 N–H and O–H groups in total. The number of benzene rings is 2. The monoisotopic (exact) mass is 487 g/mol. The Morgan fingerprint density at radius 3 is 2.83 bits per heavy atom. The van der Waals surface area contributed by atoms with E-state index in [2.05, 4.69) is 33.2 Å². The molecule has 1 amide bonds. The highest BCUT2D eigenvalue weighted by atomic mass is 79.9. The normalized spacial score (nSPS) is 22.4. The van der Waals surface area contributed by atoms with Crippen LogP contribution in [-0.2, 0) is 4.79 Å². The van der Waals surface area contributed by atoms with Crippen LogP contribution in [0.5, 0.6) is 0 Å². The second kappa shape index (κ2) is 8.56. The average Bonchev–Trinajstić information content (AvgIpc) is 3.38. The molecule has 0 radical (unpaired) electrons. The first kappa shape index (κ1) is 21.1. The summed E-state index contributed by atoms with van der Waals surface area (Å²) < 4.78 is 15.5. The Labute approximate surface area is 189 Å². The van der Waals surface area contributed by atoms with Gasteiger partial charge in [-0.2, -0.15) is 18.1 Å². The summed E-state index contributed by atoms with van der Waals surface area (Å²) in [4.78, 5) is 17.6. The highest BCUT2D eigenvalue weighted by Gasteiger charge is 2.45. The quantitative estimate of drug-likeness (QED) is 0.446. The molecule has 4 rings (SSSR count). The van der Waals surface area contributed by atoms with Crippen LogP contribution in [0.2, 0.25) is 5.02 Å². The van der Waals surface area contributed by atoms with Gasteiger partial charge >= 0.3 is 0 Å². The Kier molecular flexibility index (Phi) is 6.03. The van der Waals surface area contributed by atoms with Crippen molar-refractivity contribution in [2.75, 3.05) is 5.32 Å². The van der Waals surface area contributed by atoms with Gasteiger partial charge in [-0.3, -0.25) is 4.79 Å². The zero-order chi connectivity index (χ0) is 21.4. The van der Waals surface area contributed by atoms with Crippen LogP contribution in [0.1, 0.15) is 37.8 Å². The molecular weight excluding hydrogens is 467 g/mol. The summed E-state index contributed by atoms with van der Waals surface area (Å²) in [7, 11) is 0. The van der Waals surface area contributed by atoms with E-state index in [9.17, 15) is 9.18 Å². The predicted molar refractivity (Wildman–Crippen MR) is 123 cm³/mol. The van der Waals surface area contributed by atoms with Crippen molar-refractivity contribution >= 4 is 44.8 Å². The lowest BCUT2D eigenvalue weighted by Gasteiger charge is -2.17. The van der Waals surface area contributed by atoms with Gasteiger partial charge in [-0.1, -0.05) is 65.6 Å². The minimum Gasteiger partial charge on any atom is -0.373 e. The van der Waals surface area contributed by atoms with Crippen LogP contribution >= 0.6 is 27.5 Å². The molecule has 3 unspecified atom stereocenters. The number of allylic oxidation sites excluding steroid dienone is 1. The van der Waals surface area contributed by atoms with Crippen LogP contribution in [0.3, 0.4) is 0 Å². The minimum atomic E-state index is -0.412. The first-order valence-electron chi connectivity index (χ1n) is 10.1. The molecule has 2 aromatic rings. The number of hydrogen-bond donors (Lipinski definition) is 1. The lowest BCUT2D eigenvalue weighted by atomic mass is 9.91. The minimum absolute atomic E-state index is 0.107. The van der Waals surface area contributed by atoms with Gasteiger partial charge in [0.15, 0.2) is 0 Å². The SMILES string of the molecule is C[CH-]c1ccc(Br)cc1NC(=O)C1=CC(C2CC2CC)C(c2c(F)cccc2Cl)=N1. The fourth-order valence-electron chi connectivity index (χ4n) is 4.16. The molecule has 0 aromatic heterocycles. The number of carbonyl (C=O) groups is 1. The van der Waals surface area contributed by atoms with E-state index in [1.54, 1.807) is 12.1 Å². The van der Waals surface area contributed by atoms with E-state index in [-0.39, 0.29) is 11.8 Å². The van der Waals surface area contributed by atoms with Crippen molar-refractivity contribution in [2.24, 2.45) is 22.7 Å². The molecular formula is C24H22BrClFN2O-. The van der Waals surface area contributed by atoms with Gasteiger partial charge < -0.3 is 5.32 Å². The van der Waals surface area contributed by atoms with Crippen molar-refractivity contribution in [1.82, 2.24) is 0 Å². The summed E-state index contributed by atoms with van der Waals surface area (Å²) in [6.45, 7) is 4.07. The van der Waals surface area contributed by atoms with E-state index in [0.717, 1.165) is 22.9 Å². The van der Waals surface area contributed by atoms with Crippen LogP contribution in [0, 0.1) is 30.0 Å². The second-order valence-corrected chi connectivity index (χ2v) is 9.04. The van der Waals surface area contributed by atoms with Gasteiger partial charge in [0.25, 0.3) is 5.91 Å². The maximum atomic E-state index is 14.7. The molecule has 156 valence electrons. The third-order valence-electron chi connectivity index (χ3n) is 5.88. The van der Waals surface area contributed by atoms with Crippen molar-refractivity contribution in [1.29, 1.82) is 0 Å². The van der Waals surface area contributed by atoms with Crippen LogP contribution in [0.15, 0.2) is 57.6 Å². The predicted octanol–water partition coefficient (Wildman–Crippen LogP) is 6.80. The lowest BCUT2D eigenvalue weighted by molar-refractivity contribution is -0.112. The summed E-state index contributed by atoms with van der Waals surface area (Å²) in [6.07, 6.45) is 5.92. The molecule has 2 aliphatic rings. The molecule has 1 saturated carbocycles. The van der Waals surface area contributed by atoms with Crippen molar-refractivity contribution < 1.29 is 9.18 Å². The van der Waals surface area contributed by atoms with Crippen LogP contribution in [0.4, 0.5) is 10.1 Å². The summed E-state index contributed by atoms with van der Waals surface area (Å²) in [5.41, 5.74) is 2.77. The Morgan fingerprint density at radius 2 is 2.17 bits per heavy atom. The number of anilines is 1. The van der Waals surface area contributed by atoms with Gasteiger partial charge in [0.05, 0.1) is 16.3 Å². The third-order valence-corrected chi connectivity index (χ3v) is 6.69. The molecule has 1 fully saturated rings. The number of nitrogens with one attached hydrogen (secondary N) is 1. The number of amides is 1. The van der Waals surface area contributed by atoms with Crippen LogP contribution in [0.25, 0.3) is 0 Å². The second-order valence-electron chi connectivity index (χ2n) is 7.71. The summed E-state index contributed by atoms with van der Waals surface area (Å²) in [5.74, 6) is 0.1000. The van der Waals surface area contributed by atoms with E-state index in [0.29, 0.717) is 39.5 Å². The molecule has 1 aliphatic carbocycles. The number of carbonyl (C=O) groups excluding carboxylic acids is 1. The molecule has 3 atom stereocenters. The van der Waals surface area contributed by atoms with Crippen molar-refractivity contribution in [2.45, 2.75) is 26.7 Å². The Morgan fingerprint density at radius 1 is 1.37 bits per heavy atom. The van der Waals surface area contributed by atoms with Gasteiger partial charge in [0.1, 0.15) is 11.5 Å². The fraction of sp³-hybridized carbons (Fsp3) is 0.292. The zero-order valence-electron chi connectivity index (χ0n) is 16.8. The average molecular weight is 489 g/mol. The lowest BCUT2D eigenvalue weighted by Crippen LogP contribution is -2.16. The molecule has 30 heavy (non-hydrogen) atoms. The highest BCUT2D eigenvalue weighted by molar-refractivity contribution is 9.10. The largest absolute Gasteiger partial charge is 0.373 e. The van der Waals surface area contributed by atoms with E-state index in [4.69, 9.17) is 11.6 Å². The standard InChI is InChI=1S/C24H22BrClFN2O/c1-3-13-8-9-15(25)11-20(13)29-24(30)21-12-17(16-10-14(16)4-2)23(28-21)22-18(26)6-5-7-19(22)27/h3,5-9,11-12,14,16-17H,4,10H2,1-2H3,(H,29,30)/q-1. The van der Waals surface area contributed by atoms with Gasteiger partial charge in [-0.15, -0.1) is 6.07 Å². The number of aliphatic imine (C=N–C) groups is 1. The fourth-order valence-corrected chi connectivity index (χ4v) is 4.78. The van der Waals surface area contributed by atoms with E-state index in [1.807, 2.05) is 37.6 Å². The molecule has 0 bridgehead atoms. The molecule has 0 saturated heterocycles. The van der Waals surface area contributed by atoms with Crippen molar-refractivity contribution in [3.63, 3.8) is 0 Å². The first-order chi connectivity index (χ1) is 14.4. The van der Waals surface area contributed by atoms with E-state index >= 15 is 0 Å². The Bertz CT molecular complexity index is 1040. The molecule has 1 heterocycles.